The van der Waals surface area contributed by atoms with Crippen LogP contribution in [-0.4, -0.2) is 11.7 Å². The maximum Gasteiger partial charge on any atom is 0.247 e. The second-order valence-corrected chi connectivity index (χ2v) is 1.22. The number of rotatable bonds is 2. The zero-order valence-corrected chi connectivity index (χ0v) is 3.85. The molecule has 0 unspecified atom stereocenters. The summed E-state index contributed by atoms with van der Waals surface area (Å²) in [4.78, 5) is 9.85. The zero-order chi connectivity index (χ0) is 5.86. The minimum atomic E-state index is -0.500. The molecular formula is C3H8N3O+. The van der Waals surface area contributed by atoms with Crippen molar-refractivity contribution in [3.8, 4) is 0 Å². The Balaban J connectivity index is 3.32. The quantitative estimate of drug-likeness (QED) is 0.255. The van der Waals surface area contributed by atoms with E-state index in [9.17, 15) is 4.79 Å². The molecule has 0 saturated heterocycles. The summed E-state index contributed by atoms with van der Waals surface area (Å²) < 4.78 is 0. The molecule has 0 aromatic heterocycles. The Morgan fingerprint density at radius 1 is 1.57 bits per heavy atom. The third-order valence-electron chi connectivity index (χ3n) is 0.378. The van der Waals surface area contributed by atoms with Crippen molar-refractivity contribution in [3.05, 3.63) is 0 Å². The summed E-state index contributed by atoms with van der Waals surface area (Å²) in [5.41, 5.74) is 9.56. The first-order valence-corrected chi connectivity index (χ1v) is 1.78. The van der Waals surface area contributed by atoms with Gasteiger partial charge in [-0.15, -0.1) is 0 Å². The van der Waals surface area contributed by atoms with Crippen LogP contribution in [0, 0.1) is 0 Å². The lowest BCUT2D eigenvalue weighted by molar-refractivity contribution is -0.125. The van der Waals surface area contributed by atoms with Gasteiger partial charge in [-0.25, -0.2) is 0 Å². The highest BCUT2D eigenvalue weighted by molar-refractivity contribution is 5.95. The molecule has 0 saturated carbocycles. The predicted octanol–water partition coefficient (Wildman–Crippen LogP) is -3.02. The summed E-state index contributed by atoms with van der Waals surface area (Å²) in [7, 11) is 0. The molecule has 0 heterocycles. The molecule has 0 aromatic carbocycles. The van der Waals surface area contributed by atoms with E-state index in [0.717, 1.165) is 0 Å². The highest BCUT2D eigenvalue weighted by Gasteiger charge is 1.98. The molecule has 0 aliphatic rings. The van der Waals surface area contributed by atoms with Gasteiger partial charge in [-0.3, -0.25) is 15.9 Å². The average molecular weight is 102 g/mol. The second kappa shape index (κ2) is 2.17. The second-order valence-electron chi connectivity index (χ2n) is 1.22. The van der Waals surface area contributed by atoms with E-state index in [4.69, 9.17) is 11.1 Å². The number of carbonyl (C=O) groups excluding carboxylic acids is 1. The molecule has 0 aromatic rings. The molecule has 0 aliphatic heterocycles. The maximum absolute atomic E-state index is 9.85. The summed E-state index contributed by atoms with van der Waals surface area (Å²) in [6.07, 6.45) is -0.0278. The topological polar surface area (TPSA) is 94.7 Å². The Labute approximate surface area is 41.0 Å². The van der Waals surface area contributed by atoms with Crippen LogP contribution in [0.25, 0.3) is 0 Å². The van der Waals surface area contributed by atoms with Crippen LogP contribution in [-0.2, 0) is 4.79 Å². The molecule has 0 radical (unpaired) electrons. The van der Waals surface area contributed by atoms with E-state index in [-0.39, 0.29) is 12.3 Å². The Hall–Kier alpha value is -1.06. The first-order chi connectivity index (χ1) is 3.13. The largest absolute Gasteiger partial charge is 0.369 e. The lowest BCUT2D eigenvalue weighted by Gasteiger charge is -1.80. The van der Waals surface area contributed by atoms with Crippen molar-refractivity contribution in [1.29, 1.82) is 0 Å². The predicted molar refractivity (Wildman–Crippen MR) is 24.9 cm³/mol. The number of amidine groups is 1. The van der Waals surface area contributed by atoms with Gasteiger partial charge >= 0.3 is 0 Å². The van der Waals surface area contributed by atoms with Crippen LogP contribution in [0.4, 0.5) is 0 Å². The minimum Gasteiger partial charge on any atom is -0.369 e. The molecule has 7 heavy (non-hydrogen) atoms. The van der Waals surface area contributed by atoms with Gasteiger partial charge in [0.05, 0.1) is 0 Å². The lowest BCUT2D eigenvalue weighted by atomic mass is 10.4. The Bertz CT molecular complexity index is 86.4. The van der Waals surface area contributed by atoms with Crippen molar-refractivity contribution in [2.45, 2.75) is 6.42 Å². The Morgan fingerprint density at radius 2 is 2.00 bits per heavy atom. The van der Waals surface area contributed by atoms with Crippen molar-refractivity contribution < 1.29 is 10.2 Å². The molecule has 4 heteroatoms. The maximum atomic E-state index is 9.85. The molecular weight excluding hydrogens is 94.1 g/mol. The monoisotopic (exact) mass is 102 g/mol. The fourth-order valence-electron chi connectivity index (χ4n) is 0.201. The molecule has 0 bridgehead atoms. The van der Waals surface area contributed by atoms with Crippen LogP contribution in [0.1, 0.15) is 6.42 Å². The third kappa shape index (κ3) is 4.94. The molecule has 6 N–H and O–H groups in total. The van der Waals surface area contributed by atoms with E-state index in [1.54, 1.807) is 0 Å². The summed E-state index contributed by atoms with van der Waals surface area (Å²) in [5.74, 6) is -0.437. The Kier molecular flexibility index (Phi) is 1.84. The molecule has 4 nitrogen and oxygen atoms in total. The standard InChI is InChI=1S/C3H7N3O/c4-2(5)1-3(6)7/h1H2,(H3,4,5)(H2,6,7)/p+1. The van der Waals surface area contributed by atoms with E-state index in [1.165, 1.54) is 0 Å². The summed E-state index contributed by atoms with van der Waals surface area (Å²) >= 11 is 0. The van der Waals surface area contributed by atoms with Gasteiger partial charge in [0, 0.05) is 0 Å². The normalized spacial score (nSPS) is 8.00. The SMILES string of the molecule is NC(=[NH2+])CC(N)=O. The van der Waals surface area contributed by atoms with Gasteiger partial charge in [0.25, 0.3) is 0 Å². The van der Waals surface area contributed by atoms with E-state index in [0.29, 0.717) is 0 Å². The number of amides is 1. The van der Waals surface area contributed by atoms with Crippen LogP contribution >= 0.6 is 0 Å². The van der Waals surface area contributed by atoms with Gasteiger partial charge in [-0.1, -0.05) is 0 Å². The molecule has 0 atom stereocenters. The lowest BCUT2D eigenvalue weighted by Crippen LogP contribution is -2.47. The molecule has 0 fully saturated rings. The van der Waals surface area contributed by atoms with Crippen LogP contribution in [0.5, 0.6) is 0 Å². The summed E-state index contributed by atoms with van der Waals surface area (Å²) in [6, 6.07) is 0. The van der Waals surface area contributed by atoms with Crippen molar-refractivity contribution in [2.75, 3.05) is 0 Å². The summed E-state index contributed by atoms with van der Waals surface area (Å²) in [6.45, 7) is 0. The van der Waals surface area contributed by atoms with E-state index in [2.05, 4.69) is 5.73 Å². The molecule has 1 amide bonds. The fourth-order valence-corrected chi connectivity index (χ4v) is 0.201. The van der Waals surface area contributed by atoms with Crippen molar-refractivity contribution >= 4 is 11.7 Å². The van der Waals surface area contributed by atoms with Gasteiger partial charge < -0.3 is 5.73 Å². The number of nitrogens with two attached hydrogens (primary N) is 3. The van der Waals surface area contributed by atoms with Gasteiger partial charge in [-0.05, 0) is 0 Å². The summed E-state index contributed by atoms with van der Waals surface area (Å²) in [5, 5.41) is 4.89. The highest BCUT2D eigenvalue weighted by atomic mass is 16.1. The highest BCUT2D eigenvalue weighted by Crippen LogP contribution is 1.65. The van der Waals surface area contributed by atoms with Crippen molar-refractivity contribution in [1.82, 2.24) is 0 Å². The van der Waals surface area contributed by atoms with Gasteiger partial charge in [0.15, 0.2) is 0 Å². The van der Waals surface area contributed by atoms with E-state index >= 15 is 0 Å². The Morgan fingerprint density at radius 3 is 2.00 bits per heavy atom. The molecule has 0 spiro atoms. The van der Waals surface area contributed by atoms with Crippen LogP contribution in [0.2, 0.25) is 0 Å². The van der Waals surface area contributed by atoms with Gasteiger partial charge in [0.1, 0.15) is 6.42 Å². The van der Waals surface area contributed by atoms with Crippen LogP contribution in [0.3, 0.4) is 0 Å². The zero-order valence-electron chi connectivity index (χ0n) is 3.85. The van der Waals surface area contributed by atoms with Crippen molar-refractivity contribution in [3.63, 3.8) is 0 Å². The molecule has 0 rings (SSSR count). The third-order valence-corrected chi connectivity index (χ3v) is 0.378. The van der Waals surface area contributed by atoms with Crippen LogP contribution in [0.15, 0.2) is 0 Å². The molecule has 0 aliphatic carbocycles. The fraction of sp³-hybridized carbons (Fsp3) is 0.333. The van der Waals surface area contributed by atoms with Crippen molar-refractivity contribution in [2.24, 2.45) is 11.5 Å². The van der Waals surface area contributed by atoms with Gasteiger partial charge in [0.2, 0.25) is 11.7 Å². The van der Waals surface area contributed by atoms with E-state index in [1.807, 2.05) is 0 Å². The number of primary amides is 1. The average Bonchev–Trinajstić information content (AvgIpc) is 1.27. The number of hydrogen-bond donors (Lipinski definition) is 3. The van der Waals surface area contributed by atoms with Gasteiger partial charge in [-0.2, -0.15) is 0 Å². The first kappa shape index (κ1) is 5.94. The number of carbonyl (C=O) groups is 1. The molecule has 40 valence electrons. The minimum absolute atomic E-state index is 0.0278. The first-order valence-electron chi connectivity index (χ1n) is 1.78. The van der Waals surface area contributed by atoms with Crippen LogP contribution < -0.4 is 16.9 Å². The smallest absolute Gasteiger partial charge is 0.247 e. The van der Waals surface area contributed by atoms with E-state index < -0.39 is 5.91 Å². The number of hydrogen-bond acceptors (Lipinski definition) is 1.